The maximum atomic E-state index is 11.9. The molecule has 116 valence electrons. The summed E-state index contributed by atoms with van der Waals surface area (Å²) >= 11 is 0. The topological polar surface area (TPSA) is 53.4 Å². The summed E-state index contributed by atoms with van der Waals surface area (Å²) < 4.78 is 12.5. The highest BCUT2D eigenvalue weighted by Crippen LogP contribution is 2.26. The van der Waals surface area contributed by atoms with Crippen LogP contribution in [-0.2, 0) is 9.53 Å². The molecule has 1 saturated carbocycles. The number of carbonyl (C=O) groups is 1. The highest BCUT2D eigenvalue weighted by atomic mass is 16.7. The normalized spacial score (nSPS) is 15.0. The molecule has 1 aromatic carbocycles. The molecule has 1 fully saturated rings. The summed E-state index contributed by atoms with van der Waals surface area (Å²) in [6.45, 7) is 1.82. The zero-order valence-corrected chi connectivity index (χ0v) is 12.7. The van der Waals surface area contributed by atoms with Gasteiger partial charge in [0.2, 0.25) is 12.7 Å². The van der Waals surface area contributed by atoms with E-state index in [-0.39, 0.29) is 18.7 Å². The van der Waals surface area contributed by atoms with Crippen LogP contribution >= 0.6 is 0 Å². The maximum Gasteiger partial charge on any atom is 0.311 e. The van der Waals surface area contributed by atoms with E-state index in [9.17, 15) is 4.79 Å². The molecule has 0 bridgehead atoms. The lowest BCUT2D eigenvalue weighted by molar-refractivity contribution is -0.155. The van der Waals surface area contributed by atoms with Crippen LogP contribution in [0.4, 0.5) is 0 Å². The van der Waals surface area contributed by atoms with Gasteiger partial charge in [-0.2, -0.15) is 5.10 Å². The second kappa shape index (κ2) is 6.64. The van der Waals surface area contributed by atoms with Crippen molar-refractivity contribution in [2.24, 2.45) is 5.92 Å². The number of aromatic nitrogens is 2. The fourth-order valence-electron chi connectivity index (χ4n) is 2.76. The molecule has 22 heavy (non-hydrogen) atoms. The number of para-hydroxylation sites is 1. The molecule has 1 aromatic heterocycles. The molecule has 5 heteroatoms. The molecular formula is C17H20N2O3. The summed E-state index contributed by atoms with van der Waals surface area (Å²) in [6.07, 6.45) is 4.08. The van der Waals surface area contributed by atoms with Crippen LogP contribution in [0, 0.1) is 12.8 Å². The van der Waals surface area contributed by atoms with Gasteiger partial charge in [0.1, 0.15) is 0 Å². The highest BCUT2D eigenvalue weighted by molar-refractivity contribution is 5.72. The van der Waals surface area contributed by atoms with Gasteiger partial charge in [0.25, 0.3) is 0 Å². The highest BCUT2D eigenvalue weighted by Gasteiger charge is 2.24. The van der Waals surface area contributed by atoms with Crippen molar-refractivity contribution in [3.05, 3.63) is 42.1 Å². The number of hydrogen-bond acceptors (Lipinski definition) is 4. The minimum Gasteiger partial charge on any atom is -0.440 e. The van der Waals surface area contributed by atoms with Crippen LogP contribution < -0.4 is 4.74 Å². The van der Waals surface area contributed by atoms with Crippen LogP contribution in [0.1, 0.15) is 31.4 Å². The average Bonchev–Trinajstić information content (AvgIpc) is 3.18. The third kappa shape index (κ3) is 3.30. The third-order valence-corrected chi connectivity index (χ3v) is 3.90. The van der Waals surface area contributed by atoms with Crippen molar-refractivity contribution in [3.63, 3.8) is 0 Å². The maximum absolute atomic E-state index is 11.9. The number of rotatable bonds is 5. The number of carbonyl (C=O) groups excluding carboxylic acids is 1. The van der Waals surface area contributed by atoms with E-state index in [1.807, 2.05) is 43.3 Å². The lowest BCUT2D eigenvalue weighted by Gasteiger charge is -2.11. The van der Waals surface area contributed by atoms with Crippen LogP contribution in [0.2, 0.25) is 0 Å². The average molecular weight is 300 g/mol. The van der Waals surface area contributed by atoms with Crippen LogP contribution in [0.25, 0.3) is 5.69 Å². The van der Waals surface area contributed by atoms with Gasteiger partial charge in [0.15, 0.2) is 0 Å². The largest absolute Gasteiger partial charge is 0.440 e. The first-order valence-corrected chi connectivity index (χ1v) is 7.65. The van der Waals surface area contributed by atoms with Crippen molar-refractivity contribution in [1.82, 2.24) is 9.78 Å². The van der Waals surface area contributed by atoms with E-state index < -0.39 is 0 Å². The Bertz CT molecular complexity index is 631. The quantitative estimate of drug-likeness (QED) is 0.628. The standard InChI is InChI=1S/C17H20N2O3/c1-13-11-16(19(18-13)15-9-3-2-4-10-15)21-12-22-17(20)14-7-5-6-8-14/h2-4,9-11,14H,5-8,12H2,1H3. The Balaban J connectivity index is 1.62. The molecule has 1 heterocycles. The molecule has 1 aliphatic rings. The van der Waals surface area contributed by atoms with E-state index in [0.29, 0.717) is 5.88 Å². The van der Waals surface area contributed by atoms with Crippen molar-refractivity contribution >= 4 is 5.97 Å². The number of aryl methyl sites for hydroxylation is 1. The van der Waals surface area contributed by atoms with Gasteiger partial charge in [-0.15, -0.1) is 0 Å². The van der Waals surface area contributed by atoms with Crippen molar-refractivity contribution in [3.8, 4) is 11.6 Å². The van der Waals surface area contributed by atoms with Crippen LogP contribution in [0.15, 0.2) is 36.4 Å². The lowest BCUT2D eigenvalue weighted by atomic mass is 10.1. The summed E-state index contributed by atoms with van der Waals surface area (Å²) in [5, 5.41) is 4.41. The second-order valence-electron chi connectivity index (χ2n) is 5.58. The summed E-state index contributed by atoms with van der Waals surface area (Å²) in [4.78, 5) is 11.9. The molecule has 0 atom stereocenters. The minimum atomic E-state index is -0.153. The fourth-order valence-corrected chi connectivity index (χ4v) is 2.76. The van der Waals surface area contributed by atoms with Crippen molar-refractivity contribution < 1.29 is 14.3 Å². The Labute approximate surface area is 129 Å². The van der Waals surface area contributed by atoms with Gasteiger partial charge in [-0.25, -0.2) is 4.68 Å². The molecule has 0 spiro atoms. The van der Waals surface area contributed by atoms with Gasteiger partial charge in [0.05, 0.1) is 17.3 Å². The van der Waals surface area contributed by atoms with E-state index in [0.717, 1.165) is 37.1 Å². The van der Waals surface area contributed by atoms with Crippen LogP contribution in [0.3, 0.4) is 0 Å². The molecule has 3 rings (SSSR count). The predicted octanol–water partition coefficient (Wildman–Crippen LogP) is 3.25. The Morgan fingerprint density at radius 3 is 2.73 bits per heavy atom. The molecule has 0 amide bonds. The Hall–Kier alpha value is -2.30. The van der Waals surface area contributed by atoms with Crippen molar-refractivity contribution in [1.29, 1.82) is 0 Å². The monoisotopic (exact) mass is 300 g/mol. The summed E-state index contributed by atoms with van der Waals surface area (Å²) in [6, 6.07) is 11.6. The molecule has 0 unspecified atom stereocenters. The number of esters is 1. The molecular weight excluding hydrogens is 280 g/mol. The van der Waals surface area contributed by atoms with Gasteiger partial charge in [-0.1, -0.05) is 31.0 Å². The van der Waals surface area contributed by atoms with E-state index in [1.165, 1.54) is 0 Å². The van der Waals surface area contributed by atoms with Crippen molar-refractivity contribution in [2.45, 2.75) is 32.6 Å². The molecule has 2 aromatic rings. The van der Waals surface area contributed by atoms with Gasteiger partial charge >= 0.3 is 5.97 Å². The van der Waals surface area contributed by atoms with E-state index >= 15 is 0 Å². The zero-order valence-electron chi connectivity index (χ0n) is 12.7. The number of nitrogens with zero attached hydrogens (tertiary/aromatic N) is 2. The van der Waals surface area contributed by atoms with Gasteiger partial charge < -0.3 is 9.47 Å². The van der Waals surface area contributed by atoms with Crippen molar-refractivity contribution in [2.75, 3.05) is 6.79 Å². The predicted molar refractivity (Wildman–Crippen MR) is 81.8 cm³/mol. The Morgan fingerprint density at radius 1 is 1.27 bits per heavy atom. The van der Waals surface area contributed by atoms with Gasteiger partial charge in [-0.3, -0.25) is 4.79 Å². The summed E-state index contributed by atoms with van der Waals surface area (Å²) in [7, 11) is 0. The number of ether oxygens (including phenoxy) is 2. The summed E-state index contributed by atoms with van der Waals surface area (Å²) in [5.41, 5.74) is 1.76. The zero-order chi connectivity index (χ0) is 15.4. The first kappa shape index (κ1) is 14.6. The molecule has 0 N–H and O–H groups in total. The molecule has 0 aliphatic heterocycles. The first-order chi connectivity index (χ1) is 10.7. The van der Waals surface area contributed by atoms with Crippen LogP contribution in [-0.4, -0.2) is 22.5 Å². The fraction of sp³-hybridized carbons (Fsp3) is 0.412. The smallest absolute Gasteiger partial charge is 0.311 e. The molecule has 5 nitrogen and oxygen atoms in total. The summed E-state index contributed by atoms with van der Waals surface area (Å²) in [5.74, 6) is 0.465. The number of hydrogen-bond donors (Lipinski definition) is 0. The molecule has 0 saturated heterocycles. The minimum absolute atomic E-state index is 0.0457. The van der Waals surface area contributed by atoms with E-state index in [4.69, 9.17) is 9.47 Å². The molecule has 1 aliphatic carbocycles. The van der Waals surface area contributed by atoms with Gasteiger partial charge in [0, 0.05) is 6.07 Å². The van der Waals surface area contributed by atoms with Gasteiger partial charge in [-0.05, 0) is 31.9 Å². The van der Waals surface area contributed by atoms with E-state index in [1.54, 1.807) is 4.68 Å². The lowest BCUT2D eigenvalue weighted by Crippen LogP contribution is -2.18. The Kier molecular flexibility index (Phi) is 4.42. The second-order valence-corrected chi connectivity index (χ2v) is 5.58. The third-order valence-electron chi connectivity index (χ3n) is 3.90. The SMILES string of the molecule is Cc1cc(OCOC(=O)C2CCCC2)n(-c2ccccc2)n1. The number of benzene rings is 1. The first-order valence-electron chi connectivity index (χ1n) is 7.65. The molecule has 0 radical (unpaired) electrons. The van der Waals surface area contributed by atoms with E-state index in [2.05, 4.69) is 5.10 Å². The van der Waals surface area contributed by atoms with Crippen LogP contribution in [0.5, 0.6) is 5.88 Å². The Morgan fingerprint density at radius 2 is 2.00 bits per heavy atom.